The minimum atomic E-state index is -4.48. The molecule has 198 valence electrons. The van der Waals surface area contributed by atoms with Crippen molar-refractivity contribution in [3.05, 3.63) is 54.0 Å². The Morgan fingerprint density at radius 1 is 0.919 bits per heavy atom. The zero-order chi connectivity index (χ0) is 26.0. The van der Waals surface area contributed by atoms with Gasteiger partial charge in [-0.1, -0.05) is 18.2 Å². The van der Waals surface area contributed by atoms with E-state index in [9.17, 15) is 22.8 Å². The third-order valence-corrected chi connectivity index (χ3v) is 7.87. The highest BCUT2D eigenvalue weighted by Crippen LogP contribution is 2.41. The molecule has 2 aromatic rings. The minimum absolute atomic E-state index is 0.0120. The van der Waals surface area contributed by atoms with Gasteiger partial charge in [-0.25, -0.2) is 4.98 Å². The maximum atomic E-state index is 13.5. The number of benzene rings is 1. The van der Waals surface area contributed by atoms with Crippen molar-refractivity contribution in [2.45, 2.75) is 30.9 Å². The van der Waals surface area contributed by atoms with Crippen LogP contribution in [-0.2, 0) is 21.2 Å². The Balaban J connectivity index is 1.23. The summed E-state index contributed by atoms with van der Waals surface area (Å²) in [4.78, 5) is 42.8. The normalized spacial score (nSPS) is 20.5. The molecule has 37 heavy (non-hydrogen) atoms. The number of piperazine rings is 1. The van der Waals surface area contributed by atoms with Crippen molar-refractivity contribution in [1.29, 1.82) is 0 Å². The van der Waals surface area contributed by atoms with Crippen molar-refractivity contribution < 1.29 is 22.8 Å². The van der Waals surface area contributed by atoms with Gasteiger partial charge in [-0.15, -0.1) is 0 Å². The second-order valence-electron chi connectivity index (χ2n) is 10.0. The molecule has 0 atom stereocenters. The van der Waals surface area contributed by atoms with E-state index >= 15 is 0 Å². The Kier molecular flexibility index (Phi) is 7.06. The SMILES string of the molecule is O=C(CN1CCN(c2cnccn2)CC1)N1CCC(C(=O)N2CCC2)(c2cccc(C(F)(F)F)c2)CC1. The summed E-state index contributed by atoms with van der Waals surface area (Å²) in [6.45, 7) is 5.15. The number of amides is 2. The van der Waals surface area contributed by atoms with Gasteiger partial charge in [0.15, 0.2) is 0 Å². The van der Waals surface area contributed by atoms with Crippen LogP contribution in [0.2, 0.25) is 0 Å². The average molecular weight is 517 g/mol. The molecule has 0 bridgehead atoms. The van der Waals surface area contributed by atoms with E-state index in [0.717, 1.165) is 50.6 Å². The first kappa shape index (κ1) is 25.4. The van der Waals surface area contributed by atoms with Crippen LogP contribution in [0.1, 0.15) is 30.4 Å². The van der Waals surface area contributed by atoms with Gasteiger partial charge in [0.05, 0.1) is 23.7 Å². The highest BCUT2D eigenvalue weighted by atomic mass is 19.4. The lowest BCUT2D eigenvalue weighted by molar-refractivity contribution is -0.146. The van der Waals surface area contributed by atoms with E-state index < -0.39 is 17.2 Å². The van der Waals surface area contributed by atoms with Crippen molar-refractivity contribution in [3.8, 4) is 0 Å². The Morgan fingerprint density at radius 3 is 2.24 bits per heavy atom. The van der Waals surface area contributed by atoms with Gasteiger partial charge in [-0.3, -0.25) is 19.5 Å². The van der Waals surface area contributed by atoms with Crippen LogP contribution in [0.25, 0.3) is 0 Å². The molecular weight excluding hydrogens is 485 g/mol. The molecule has 8 nitrogen and oxygen atoms in total. The largest absolute Gasteiger partial charge is 0.416 e. The molecule has 1 aromatic carbocycles. The molecule has 0 aliphatic carbocycles. The third-order valence-electron chi connectivity index (χ3n) is 7.87. The van der Waals surface area contributed by atoms with Gasteiger partial charge in [-0.2, -0.15) is 13.2 Å². The lowest BCUT2D eigenvalue weighted by Gasteiger charge is -2.46. The van der Waals surface area contributed by atoms with Gasteiger partial charge >= 0.3 is 6.18 Å². The van der Waals surface area contributed by atoms with Crippen LogP contribution >= 0.6 is 0 Å². The Bertz CT molecular complexity index is 1110. The quantitative estimate of drug-likeness (QED) is 0.608. The number of hydrogen-bond donors (Lipinski definition) is 0. The minimum Gasteiger partial charge on any atom is -0.353 e. The van der Waals surface area contributed by atoms with Crippen LogP contribution in [0.4, 0.5) is 19.0 Å². The number of carbonyl (C=O) groups excluding carboxylic acids is 2. The van der Waals surface area contributed by atoms with E-state index in [4.69, 9.17) is 0 Å². The second-order valence-corrected chi connectivity index (χ2v) is 10.0. The maximum absolute atomic E-state index is 13.5. The average Bonchev–Trinajstić information content (AvgIpc) is 2.88. The number of piperidine rings is 1. The van der Waals surface area contributed by atoms with Crippen LogP contribution in [-0.4, -0.2) is 95.4 Å². The molecular formula is C26H31F3N6O2. The summed E-state index contributed by atoms with van der Waals surface area (Å²) >= 11 is 0. The summed E-state index contributed by atoms with van der Waals surface area (Å²) in [5.74, 6) is 0.689. The molecule has 4 heterocycles. The number of rotatable bonds is 5. The molecule has 0 radical (unpaired) electrons. The number of halogens is 3. The molecule has 2 amide bonds. The molecule has 3 aliphatic rings. The molecule has 0 N–H and O–H groups in total. The number of hydrogen-bond acceptors (Lipinski definition) is 6. The summed E-state index contributed by atoms with van der Waals surface area (Å²) < 4.78 is 40.3. The van der Waals surface area contributed by atoms with Gasteiger partial charge in [0.25, 0.3) is 0 Å². The molecule has 0 spiro atoms. The van der Waals surface area contributed by atoms with E-state index in [1.807, 2.05) is 0 Å². The van der Waals surface area contributed by atoms with Gasteiger partial charge in [0, 0.05) is 64.8 Å². The molecule has 11 heteroatoms. The number of alkyl halides is 3. The second kappa shape index (κ2) is 10.3. The molecule has 3 saturated heterocycles. The van der Waals surface area contributed by atoms with Gasteiger partial charge in [-0.05, 0) is 30.9 Å². The number of aromatic nitrogens is 2. The highest BCUT2D eigenvalue weighted by Gasteiger charge is 2.47. The van der Waals surface area contributed by atoms with Crippen LogP contribution in [0.15, 0.2) is 42.9 Å². The zero-order valence-electron chi connectivity index (χ0n) is 20.7. The van der Waals surface area contributed by atoms with E-state index in [1.54, 1.807) is 34.5 Å². The molecule has 1 aromatic heterocycles. The lowest BCUT2D eigenvalue weighted by Crippen LogP contribution is -2.58. The monoisotopic (exact) mass is 516 g/mol. The maximum Gasteiger partial charge on any atom is 0.416 e. The smallest absolute Gasteiger partial charge is 0.353 e. The van der Waals surface area contributed by atoms with Crippen LogP contribution in [0.5, 0.6) is 0 Å². The first-order valence-electron chi connectivity index (χ1n) is 12.7. The molecule has 0 unspecified atom stereocenters. The van der Waals surface area contributed by atoms with Gasteiger partial charge < -0.3 is 14.7 Å². The molecule has 0 saturated carbocycles. The number of anilines is 1. The Labute approximate surface area is 214 Å². The fourth-order valence-corrected chi connectivity index (χ4v) is 5.46. The summed E-state index contributed by atoms with van der Waals surface area (Å²) in [6.07, 6.45) is 2.08. The Morgan fingerprint density at radius 2 is 1.65 bits per heavy atom. The predicted octanol–water partition coefficient (Wildman–Crippen LogP) is 2.41. The van der Waals surface area contributed by atoms with E-state index in [1.165, 1.54) is 6.07 Å². The molecule has 3 aliphatic heterocycles. The molecule has 5 rings (SSSR count). The highest BCUT2D eigenvalue weighted by molar-refractivity contribution is 5.89. The Hall–Kier alpha value is -3.21. The number of nitrogens with zero attached hydrogens (tertiary/aromatic N) is 6. The number of likely N-dealkylation sites (tertiary alicyclic amines) is 2. The fraction of sp³-hybridized carbons (Fsp3) is 0.538. The topological polar surface area (TPSA) is 72.9 Å². The van der Waals surface area contributed by atoms with Crippen molar-refractivity contribution in [2.75, 3.05) is 63.8 Å². The lowest BCUT2D eigenvalue weighted by atomic mass is 9.70. The third kappa shape index (κ3) is 5.27. The van der Waals surface area contributed by atoms with E-state index in [-0.39, 0.29) is 18.4 Å². The summed E-state index contributed by atoms with van der Waals surface area (Å²) in [6, 6.07) is 5.16. The van der Waals surface area contributed by atoms with Gasteiger partial charge in [0.2, 0.25) is 11.8 Å². The zero-order valence-corrected chi connectivity index (χ0v) is 20.7. The molecule has 3 fully saturated rings. The summed E-state index contributed by atoms with van der Waals surface area (Å²) in [5.41, 5.74) is -1.40. The van der Waals surface area contributed by atoms with Crippen LogP contribution < -0.4 is 4.90 Å². The summed E-state index contributed by atoms with van der Waals surface area (Å²) in [7, 11) is 0. The van der Waals surface area contributed by atoms with Crippen LogP contribution in [0, 0.1) is 0 Å². The van der Waals surface area contributed by atoms with E-state index in [0.29, 0.717) is 44.6 Å². The fourth-order valence-electron chi connectivity index (χ4n) is 5.46. The first-order valence-corrected chi connectivity index (χ1v) is 12.7. The van der Waals surface area contributed by atoms with Crippen molar-refractivity contribution >= 4 is 17.6 Å². The van der Waals surface area contributed by atoms with Crippen molar-refractivity contribution in [1.82, 2.24) is 24.7 Å². The van der Waals surface area contributed by atoms with Crippen LogP contribution in [0.3, 0.4) is 0 Å². The van der Waals surface area contributed by atoms with E-state index in [2.05, 4.69) is 19.8 Å². The van der Waals surface area contributed by atoms with Crippen molar-refractivity contribution in [2.24, 2.45) is 0 Å². The van der Waals surface area contributed by atoms with Gasteiger partial charge in [0.1, 0.15) is 5.82 Å². The predicted molar refractivity (Wildman–Crippen MR) is 131 cm³/mol. The van der Waals surface area contributed by atoms with Crippen molar-refractivity contribution in [3.63, 3.8) is 0 Å². The standard InChI is InChI=1S/C26H31F3N6O2/c27-26(28,29)21-4-1-3-20(17-21)25(24(37)35-9-2-10-35)5-11-34(12-6-25)23(36)19-32-13-15-33(16-14-32)22-18-30-7-8-31-22/h1,3-4,7-8,17-18H,2,5-6,9-16,19H2. The first-order chi connectivity index (χ1) is 17.8. The summed E-state index contributed by atoms with van der Waals surface area (Å²) in [5, 5.41) is 0. The number of carbonyl (C=O) groups is 2.